The summed E-state index contributed by atoms with van der Waals surface area (Å²) in [5.41, 5.74) is 2.80. The van der Waals surface area contributed by atoms with E-state index >= 15 is 0 Å². The lowest BCUT2D eigenvalue weighted by Crippen LogP contribution is -2.24. The second kappa shape index (κ2) is 9.62. The first-order valence-corrected chi connectivity index (χ1v) is 10.7. The maximum absolute atomic E-state index is 12.7. The van der Waals surface area contributed by atoms with E-state index in [0.29, 0.717) is 18.3 Å². The van der Waals surface area contributed by atoms with Gasteiger partial charge in [0, 0.05) is 29.9 Å². The van der Waals surface area contributed by atoms with Crippen LogP contribution < -0.4 is 15.6 Å². The molecule has 2 aromatic carbocycles. The molecule has 6 heteroatoms. The molecule has 0 aliphatic carbocycles. The van der Waals surface area contributed by atoms with Crippen molar-refractivity contribution in [1.82, 2.24) is 19.7 Å². The Bertz CT molecular complexity index is 1200. The number of hydrogen-bond donors (Lipinski definition) is 1. The van der Waals surface area contributed by atoms with Crippen molar-refractivity contribution in [2.24, 2.45) is 5.92 Å². The highest BCUT2D eigenvalue weighted by molar-refractivity contribution is 5.80. The van der Waals surface area contributed by atoms with Crippen LogP contribution in [0.4, 0.5) is 0 Å². The minimum absolute atomic E-state index is 0.129. The van der Waals surface area contributed by atoms with E-state index in [-0.39, 0.29) is 5.56 Å². The second-order valence-electron chi connectivity index (χ2n) is 8.05. The summed E-state index contributed by atoms with van der Waals surface area (Å²) in [6.07, 6.45) is 3.60. The largest absolute Gasteiger partial charge is 0.489 e. The molecule has 4 rings (SSSR count). The highest BCUT2D eigenvalue weighted by Crippen LogP contribution is 2.19. The number of ether oxygens (including phenoxy) is 1. The third kappa shape index (κ3) is 5.22. The molecule has 0 amide bonds. The molecule has 0 spiro atoms. The van der Waals surface area contributed by atoms with Gasteiger partial charge in [-0.15, -0.1) is 0 Å². The van der Waals surface area contributed by atoms with Gasteiger partial charge in [-0.25, -0.2) is 0 Å². The SMILES string of the molecule is CC(C)CNCCn1ncc2cc(-n3ccc(OCc4ccccc4)cc3=O)ccc21. The first-order chi connectivity index (χ1) is 15.1. The molecular formula is C25H28N4O2. The molecule has 0 saturated heterocycles. The van der Waals surface area contributed by atoms with Crippen LogP contribution in [0.2, 0.25) is 0 Å². The summed E-state index contributed by atoms with van der Waals surface area (Å²) in [5, 5.41) is 8.96. The predicted molar refractivity (Wildman–Crippen MR) is 124 cm³/mol. The van der Waals surface area contributed by atoms with E-state index in [1.807, 2.05) is 65.5 Å². The van der Waals surface area contributed by atoms with Crippen LogP contribution in [0.1, 0.15) is 19.4 Å². The summed E-state index contributed by atoms with van der Waals surface area (Å²) in [7, 11) is 0. The zero-order chi connectivity index (χ0) is 21.6. The fourth-order valence-corrected chi connectivity index (χ4v) is 3.48. The fourth-order valence-electron chi connectivity index (χ4n) is 3.48. The van der Waals surface area contributed by atoms with Crippen molar-refractivity contribution in [2.45, 2.75) is 27.0 Å². The van der Waals surface area contributed by atoms with Gasteiger partial charge in [0.2, 0.25) is 0 Å². The van der Waals surface area contributed by atoms with Crippen molar-refractivity contribution in [3.63, 3.8) is 0 Å². The number of rotatable bonds is 9. The van der Waals surface area contributed by atoms with Crippen LogP contribution in [-0.2, 0) is 13.2 Å². The highest BCUT2D eigenvalue weighted by Gasteiger charge is 2.07. The summed E-state index contributed by atoms with van der Waals surface area (Å²) in [5.74, 6) is 1.19. The predicted octanol–water partition coefficient (Wildman–Crippen LogP) is 4.01. The molecule has 0 atom stereocenters. The van der Waals surface area contributed by atoms with Crippen molar-refractivity contribution in [3.05, 3.63) is 89.0 Å². The summed E-state index contributed by atoms with van der Waals surface area (Å²) in [6, 6.07) is 19.2. The van der Waals surface area contributed by atoms with Crippen LogP contribution >= 0.6 is 0 Å². The molecule has 0 aliphatic heterocycles. The molecular weight excluding hydrogens is 388 g/mol. The van der Waals surface area contributed by atoms with E-state index in [1.54, 1.807) is 10.8 Å². The van der Waals surface area contributed by atoms with Gasteiger partial charge in [0.25, 0.3) is 5.56 Å². The van der Waals surface area contributed by atoms with Gasteiger partial charge in [0.05, 0.1) is 18.3 Å². The lowest BCUT2D eigenvalue weighted by atomic mass is 10.2. The van der Waals surface area contributed by atoms with Gasteiger partial charge in [0.15, 0.2) is 0 Å². The average Bonchev–Trinajstić information content (AvgIpc) is 3.18. The maximum Gasteiger partial charge on any atom is 0.258 e. The summed E-state index contributed by atoms with van der Waals surface area (Å²) < 4.78 is 9.38. The molecule has 0 bridgehead atoms. The Morgan fingerprint density at radius 3 is 2.68 bits per heavy atom. The monoisotopic (exact) mass is 416 g/mol. The minimum atomic E-state index is -0.129. The number of pyridine rings is 1. The van der Waals surface area contributed by atoms with Crippen molar-refractivity contribution >= 4 is 10.9 Å². The normalized spacial score (nSPS) is 11.3. The molecule has 31 heavy (non-hydrogen) atoms. The lowest BCUT2D eigenvalue weighted by molar-refractivity contribution is 0.305. The van der Waals surface area contributed by atoms with E-state index in [9.17, 15) is 4.79 Å². The van der Waals surface area contributed by atoms with Crippen LogP contribution in [0.25, 0.3) is 16.6 Å². The molecule has 2 aromatic heterocycles. The number of nitrogens with zero attached hydrogens (tertiary/aromatic N) is 3. The number of aromatic nitrogens is 3. The number of nitrogens with one attached hydrogen (secondary N) is 1. The molecule has 2 heterocycles. The number of benzene rings is 2. The van der Waals surface area contributed by atoms with E-state index in [2.05, 4.69) is 24.3 Å². The summed E-state index contributed by atoms with van der Waals surface area (Å²) in [4.78, 5) is 12.7. The van der Waals surface area contributed by atoms with E-state index in [1.165, 1.54) is 6.07 Å². The van der Waals surface area contributed by atoms with Gasteiger partial charge in [-0.2, -0.15) is 5.10 Å². The lowest BCUT2D eigenvalue weighted by Gasteiger charge is -2.10. The standard InChI is InChI=1S/C25H28N4O2/c1-19(2)16-26-11-13-29-24-9-8-22(14-21(24)17-27-29)28-12-10-23(15-25(28)30)31-18-20-6-4-3-5-7-20/h3-10,12,14-15,17,19,26H,11,13,16,18H2,1-2H3. The number of fused-ring (bicyclic) bond motifs is 1. The average molecular weight is 417 g/mol. The van der Waals surface area contributed by atoms with Gasteiger partial charge in [-0.05, 0) is 42.3 Å². The Morgan fingerprint density at radius 2 is 1.90 bits per heavy atom. The van der Waals surface area contributed by atoms with Gasteiger partial charge >= 0.3 is 0 Å². The molecule has 0 aliphatic rings. The van der Waals surface area contributed by atoms with Gasteiger partial charge in [0.1, 0.15) is 12.4 Å². The third-order valence-corrected chi connectivity index (χ3v) is 5.10. The second-order valence-corrected chi connectivity index (χ2v) is 8.05. The van der Waals surface area contributed by atoms with E-state index < -0.39 is 0 Å². The van der Waals surface area contributed by atoms with Crippen LogP contribution in [-0.4, -0.2) is 27.4 Å². The Hall–Kier alpha value is -3.38. The zero-order valence-electron chi connectivity index (χ0n) is 18.0. The van der Waals surface area contributed by atoms with Crippen molar-refractivity contribution in [1.29, 1.82) is 0 Å². The molecule has 0 fully saturated rings. The quantitative estimate of drug-likeness (QED) is 0.419. The molecule has 0 saturated carbocycles. The Kier molecular flexibility index (Phi) is 6.48. The van der Waals surface area contributed by atoms with E-state index in [4.69, 9.17) is 4.74 Å². The smallest absolute Gasteiger partial charge is 0.258 e. The Morgan fingerprint density at radius 1 is 1.06 bits per heavy atom. The molecule has 4 aromatic rings. The minimum Gasteiger partial charge on any atom is -0.489 e. The fraction of sp³-hybridized carbons (Fsp3) is 0.280. The van der Waals surface area contributed by atoms with Crippen LogP contribution in [0.15, 0.2) is 77.9 Å². The molecule has 1 N–H and O–H groups in total. The van der Waals surface area contributed by atoms with Crippen molar-refractivity contribution < 1.29 is 4.74 Å². The topological polar surface area (TPSA) is 61.1 Å². The summed E-state index contributed by atoms with van der Waals surface area (Å²) >= 11 is 0. The van der Waals surface area contributed by atoms with Crippen LogP contribution in [0.3, 0.4) is 0 Å². The Balaban J connectivity index is 1.46. The first-order valence-electron chi connectivity index (χ1n) is 10.7. The molecule has 160 valence electrons. The van der Waals surface area contributed by atoms with Gasteiger partial charge < -0.3 is 10.1 Å². The zero-order valence-corrected chi connectivity index (χ0v) is 18.0. The van der Waals surface area contributed by atoms with Crippen molar-refractivity contribution in [3.8, 4) is 11.4 Å². The first kappa shape index (κ1) is 20.9. The van der Waals surface area contributed by atoms with E-state index in [0.717, 1.165) is 41.8 Å². The van der Waals surface area contributed by atoms with Crippen LogP contribution in [0, 0.1) is 5.92 Å². The van der Waals surface area contributed by atoms with Gasteiger partial charge in [-0.3, -0.25) is 14.0 Å². The van der Waals surface area contributed by atoms with Crippen molar-refractivity contribution in [2.75, 3.05) is 13.1 Å². The summed E-state index contributed by atoms with van der Waals surface area (Å²) in [6.45, 7) is 7.51. The van der Waals surface area contributed by atoms with Crippen LogP contribution in [0.5, 0.6) is 5.75 Å². The third-order valence-electron chi connectivity index (χ3n) is 5.10. The maximum atomic E-state index is 12.7. The number of hydrogen-bond acceptors (Lipinski definition) is 4. The van der Waals surface area contributed by atoms with Gasteiger partial charge in [-0.1, -0.05) is 44.2 Å². The molecule has 6 nitrogen and oxygen atoms in total. The Labute approximate surface area is 182 Å². The highest BCUT2D eigenvalue weighted by atomic mass is 16.5. The molecule has 0 unspecified atom stereocenters. The molecule has 0 radical (unpaired) electrons.